The molecule has 1 N–H and O–H groups in total. The van der Waals surface area contributed by atoms with Crippen LogP contribution in [0.25, 0.3) is 0 Å². The average molecular weight is 585 g/mol. The second kappa shape index (κ2) is 10.0. The van der Waals surface area contributed by atoms with E-state index in [1.165, 1.54) is 13.2 Å². The van der Waals surface area contributed by atoms with Gasteiger partial charge in [0.15, 0.2) is 0 Å². The molecule has 0 bridgehead atoms. The van der Waals surface area contributed by atoms with Gasteiger partial charge < -0.3 is 28.8 Å². The molecule has 0 aromatic rings. The number of hydrogen-bond acceptors (Lipinski definition) is 9. The topological polar surface area (TPSA) is 118 Å². The molecule has 6 aliphatic rings. The van der Waals surface area contributed by atoms with E-state index in [2.05, 4.69) is 27.7 Å². The van der Waals surface area contributed by atoms with E-state index in [1.807, 2.05) is 6.08 Å². The summed E-state index contributed by atoms with van der Waals surface area (Å²) in [5.41, 5.74) is 0.601. The van der Waals surface area contributed by atoms with Crippen molar-refractivity contribution in [3.8, 4) is 0 Å². The summed E-state index contributed by atoms with van der Waals surface area (Å²) in [7, 11) is 0. The van der Waals surface area contributed by atoms with Crippen LogP contribution < -0.4 is 0 Å². The van der Waals surface area contributed by atoms with Gasteiger partial charge in [-0.1, -0.05) is 32.4 Å². The Bertz CT molecular complexity index is 1280. The minimum Gasteiger partial charge on any atom is -0.462 e. The fraction of sp³-hybridized carbons (Fsp3) is 0.727. The Morgan fingerprint density at radius 1 is 1.12 bits per heavy atom. The zero-order chi connectivity index (χ0) is 30.4. The smallest absolute Gasteiger partial charge is 0.333 e. The maximum Gasteiger partial charge on any atom is 0.333 e. The Balaban J connectivity index is 1.54. The number of aliphatic hydroxyl groups excluding tert-OH is 1. The molecule has 12 atom stereocenters. The van der Waals surface area contributed by atoms with Gasteiger partial charge in [0.05, 0.1) is 37.1 Å². The van der Waals surface area contributed by atoms with E-state index >= 15 is 0 Å². The fourth-order valence-electron chi connectivity index (χ4n) is 10.2. The molecule has 3 aliphatic heterocycles. The van der Waals surface area contributed by atoms with E-state index in [9.17, 15) is 19.5 Å². The maximum atomic E-state index is 13.5. The molecule has 3 heterocycles. The van der Waals surface area contributed by atoms with Crippen molar-refractivity contribution in [2.45, 2.75) is 98.2 Å². The molecule has 230 valence electrons. The highest BCUT2D eigenvalue weighted by molar-refractivity contribution is 5.88. The highest BCUT2D eigenvalue weighted by atomic mass is 16.6. The Kier molecular flexibility index (Phi) is 7.06. The summed E-state index contributed by atoms with van der Waals surface area (Å²) < 4.78 is 30.8. The first-order chi connectivity index (χ1) is 19.8. The van der Waals surface area contributed by atoms with Gasteiger partial charge in [0.1, 0.15) is 12.2 Å². The third-order valence-electron chi connectivity index (χ3n) is 12.1. The van der Waals surface area contributed by atoms with Gasteiger partial charge in [-0.05, 0) is 57.1 Å². The van der Waals surface area contributed by atoms with Crippen LogP contribution in [0.1, 0.15) is 67.7 Å². The highest BCUT2D eigenvalue weighted by Gasteiger charge is 2.76. The number of allylic oxidation sites excluding steroid dienone is 2. The summed E-state index contributed by atoms with van der Waals surface area (Å²) in [4.78, 5) is 38.4. The van der Waals surface area contributed by atoms with Crippen molar-refractivity contribution >= 4 is 17.9 Å². The average Bonchev–Trinajstić information content (AvgIpc) is 3.58. The molecule has 9 nitrogen and oxygen atoms in total. The van der Waals surface area contributed by atoms with Crippen molar-refractivity contribution < 1.29 is 43.2 Å². The van der Waals surface area contributed by atoms with E-state index in [4.69, 9.17) is 23.7 Å². The lowest BCUT2D eigenvalue weighted by molar-refractivity contribution is -0.253. The maximum absolute atomic E-state index is 13.5. The van der Waals surface area contributed by atoms with Gasteiger partial charge in [0, 0.05) is 47.7 Å². The van der Waals surface area contributed by atoms with Gasteiger partial charge in [-0.15, -0.1) is 0 Å². The molecule has 2 saturated heterocycles. The third kappa shape index (κ3) is 3.88. The van der Waals surface area contributed by atoms with Gasteiger partial charge in [-0.3, -0.25) is 9.59 Å². The number of esters is 3. The fourth-order valence-corrected chi connectivity index (χ4v) is 10.2. The summed E-state index contributed by atoms with van der Waals surface area (Å²) in [6, 6.07) is 0. The monoisotopic (exact) mass is 584 g/mol. The van der Waals surface area contributed by atoms with Crippen molar-refractivity contribution in [1.82, 2.24) is 0 Å². The minimum absolute atomic E-state index is 0.106. The molecule has 42 heavy (non-hydrogen) atoms. The molecule has 12 unspecified atom stereocenters. The lowest BCUT2D eigenvalue weighted by Crippen LogP contribution is -2.71. The van der Waals surface area contributed by atoms with Crippen molar-refractivity contribution in [1.29, 1.82) is 0 Å². The van der Waals surface area contributed by atoms with Gasteiger partial charge in [0.25, 0.3) is 0 Å². The molecule has 0 spiro atoms. The second-order valence-electron chi connectivity index (χ2n) is 14.0. The summed E-state index contributed by atoms with van der Waals surface area (Å²) in [5, 5.41) is 12.0. The number of rotatable bonds is 4. The predicted octanol–water partition coefficient (Wildman–Crippen LogP) is 4.04. The Labute approximate surface area is 247 Å². The van der Waals surface area contributed by atoms with Crippen LogP contribution in [0.5, 0.6) is 0 Å². The van der Waals surface area contributed by atoms with Gasteiger partial charge in [-0.2, -0.15) is 0 Å². The van der Waals surface area contributed by atoms with E-state index in [-0.39, 0.29) is 29.8 Å². The number of cyclic esters (lactones) is 1. The van der Waals surface area contributed by atoms with Crippen LogP contribution in [0.15, 0.2) is 35.1 Å². The molecule has 3 aliphatic carbocycles. The highest BCUT2D eigenvalue weighted by Crippen LogP contribution is 2.72. The van der Waals surface area contributed by atoms with Crippen molar-refractivity contribution in [3.05, 3.63) is 35.1 Å². The molecular weight excluding hydrogens is 540 g/mol. The zero-order valence-electron chi connectivity index (χ0n) is 25.7. The number of fused-ring (bicyclic) bond motifs is 4. The first-order valence-corrected chi connectivity index (χ1v) is 15.3. The molecule has 6 rings (SSSR count). The number of carbonyl (C=O) groups is 3. The number of hydrogen-bond donors (Lipinski definition) is 1. The van der Waals surface area contributed by atoms with Crippen LogP contribution in [0.2, 0.25) is 0 Å². The standard InChI is InChI=1S/C33H44O9/c1-8-16(2)29(36)42-28-26-27-31(5,15-40-26)24(41-18(4)34)14-23(35)32(27,6)22-10-12-38-21-13-20(19-9-11-39-30(19)37)17(3)25(21)33(22,28)7/h8-9,11,19-24,26-28,35H,10,12-15H2,1-7H3. The molecule has 0 aromatic carbocycles. The van der Waals surface area contributed by atoms with Crippen molar-refractivity contribution in [3.63, 3.8) is 0 Å². The van der Waals surface area contributed by atoms with Crippen molar-refractivity contribution in [2.24, 2.45) is 39.9 Å². The van der Waals surface area contributed by atoms with E-state index < -0.39 is 58.5 Å². The number of carbonyl (C=O) groups excluding carboxylic acids is 3. The van der Waals surface area contributed by atoms with Crippen LogP contribution in [-0.4, -0.2) is 66.7 Å². The van der Waals surface area contributed by atoms with Gasteiger partial charge >= 0.3 is 17.9 Å². The molecule has 0 amide bonds. The summed E-state index contributed by atoms with van der Waals surface area (Å²) in [6.07, 6.45) is 3.79. The van der Waals surface area contributed by atoms with Crippen LogP contribution in [0.4, 0.5) is 0 Å². The first-order valence-electron chi connectivity index (χ1n) is 15.3. The SMILES string of the molecule is CC=C(C)C(=O)OC1C2OCC3(C)C(OC(C)=O)CC(O)C(C)(C23)C2CCOC3CC(C4C=COC4=O)C(C)=C3C12C. The third-order valence-corrected chi connectivity index (χ3v) is 12.1. The van der Waals surface area contributed by atoms with E-state index in [0.717, 1.165) is 11.1 Å². The Hall–Kier alpha value is -2.49. The van der Waals surface area contributed by atoms with Crippen molar-refractivity contribution in [2.75, 3.05) is 13.2 Å². The summed E-state index contributed by atoms with van der Waals surface area (Å²) in [5.74, 6) is -1.97. The van der Waals surface area contributed by atoms with E-state index in [1.54, 1.807) is 19.9 Å². The molecule has 2 saturated carbocycles. The van der Waals surface area contributed by atoms with Gasteiger partial charge in [0.2, 0.25) is 0 Å². The number of ether oxygens (including phenoxy) is 5. The largest absolute Gasteiger partial charge is 0.462 e. The minimum atomic E-state index is -0.787. The molecular formula is C33H44O9. The zero-order valence-corrected chi connectivity index (χ0v) is 25.7. The molecule has 4 fully saturated rings. The molecule has 0 radical (unpaired) electrons. The number of aliphatic hydroxyl groups is 1. The first kappa shape index (κ1) is 29.6. The van der Waals surface area contributed by atoms with Gasteiger partial charge in [-0.25, -0.2) is 4.79 Å². The molecule has 9 heteroatoms. The predicted molar refractivity (Wildman–Crippen MR) is 150 cm³/mol. The lowest BCUT2D eigenvalue weighted by Gasteiger charge is -2.66. The van der Waals surface area contributed by atoms with Crippen LogP contribution in [-0.2, 0) is 38.1 Å². The normalized spacial score (nSPS) is 47.8. The van der Waals surface area contributed by atoms with E-state index in [0.29, 0.717) is 38.0 Å². The quantitative estimate of drug-likeness (QED) is 0.226. The van der Waals surface area contributed by atoms with Crippen LogP contribution in [0, 0.1) is 39.9 Å². The molecule has 0 aromatic heterocycles. The summed E-state index contributed by atoms with van der Waals surface area (Å²) in [6.45, 7) is 14.2. The lowest BCUT2D eigenvalue weighted by atomic mass is 9.39. The Morgan fingerprint density at radius 3 is 2.50 bits per heavy atom. The van der Waals surface area contributed by atoms with Crippen LogP contribution >= 0.6 is 0 Å². The summed E-state index contributed by atoms with van der Waals surface area (Å²) >= 11 is 0. The Morgan fingerprint density at radius 2 is 1.86 bits per heavy atom. The second-order valence-corrected chi connectivity index (χ2v) is 14.0. The van der Waals surface area contributed by atoms with Crippen LogP contribution in [0.3, 0.4) is 0 Å².